The van der Waals surface area contributed by atoms with Gasteiger partial charge in [0.25, 0.3) is 0 Å². The average Bonchev–Trinajstić information content (AvgIpc) is 2.99. The van der Waals surface area contributed by atoms with Crippen LogP contribution in [0.1, 0.15) is 18.4 Å². The Bertz CT molecular complexity index is 304. The normalized spacial score (nSPS) is 17.2. The molecule has 1 fully saturated rings. The number of hydrogen-bond donors (Lipinski definition) is 0. The van der Waals surface area contributed by atoms with Crippen molar-refractivity contribution < 1.29 is 4.84 Å². The van der Waals surface area contributed by atoms with Crippen LogP contribution in [0, 0.1) is 5.92 Å². The van der Waals surface area contributed by atoms with Gasteiger partial charge >= 0.3 is 0 Å². The lowest BCUT2D eigenvalue weighted by Crippen LogP contribution is -2.04. The highest BCUT2D eigenvalue weighted by atomic mass is 16.6. The minimum absolute atomic E-state index is 0.587. The Morgan fingerprint density at radius 2 is 2.46 bits per heavy atom. The molecule has 0 bridgehead atoms. The highest BCUT2D eigenvalue weighted by Crippen LogP contribution is 2.33. The van der Waals surface area contributed by atoms with Gasteiger partial charge in [-0.05, 0) is 25.0 Å². The second kappa shape index (κ2) is 3.56. The summed E-state index contributed by atoms with van der Waals surface area (Å²) < 4.78 is 0. The van der Waals surface area contributed by atoms with Gasteiger partial charge in [-0.15, -0.1) is 0 Å². The van der Waals surface area contributed by atoms with Crippen molar-refractivity contribution in [1.29, 1.82) is 0 Å². The molecule has 0 aliphatic heterocycles. The number of nitrogens with zero attached hydrogens (tertiary/aromatic N) is 2. The summed E-state index contributed by atoms with van der Waals surface area (Å²) in [5.74, 6) is 0.587. The van der Waals surface area contributed by atoms with E-state index in [9.17, 15) is 0 Å². The SMILES string of the molecule is CON=C(c1cccnc1)C1CC1. The van der Waals surface area contributed by atoms with E-state index in [4.69, 9.17) is 4.84 Å². The van der Waals surface area contributed by atoms with Crippen LogP contribution in [0.4, 0.5) is 0 Å². The topological polar surface area (TPSA) is 34.5 Å². The van der Waals surface area contributed by atoms with Crippen LogP contribution < -0.4 is 0 Å². The van der Waals surface area contributed by atoms with Crippen molar-refractivity contribution in [1.82, 2.24) is 4.98 Å². The molecular weight excluding hydrogens is 164 g/mol. The lowest BCUT2D eigenvalue weighted by atomic mass is 10.1. The van der Waals surface area contributed by atoms with Crippen molar-refractivity contribution in [3.8, 4) is 0 Å². The second-order valence-electron chi connectivity index (χ2n) is 3.18. The van der Waals surface area contributed by atoms with E-state index >= 15 is 0 Å². The molecule has 0 amide bonds. The van der Waals surface area contributed by atoms with E-state index in [0.717, 1.165) is 11.3 Å². The zero-order valence-corrected chi connectivity index (χ0v) is 7.60. The molecule has 3 nitrogen and oxygen atoms in total. The first-order valence-electron chi connectivity index (χ1n) is 4.43. The Morgan fingerprint density at radius 3 is 3.00 bits per heavy atom. The summed E-state index contributed by atoms with van der Waals surface area (Å²) in [4.78, 5) is 8.88. The van der Waals surface area contributed by atoms with Crippen molar-refractivity contribution >= 4 is 5.71 Å². The molecule has 3 heteroatoms. The third-order valence-corrected chi connectivity index (χ3v) is 2.11. The zero-order valence-electron chi connectivity index (χ0n) is 7.60. The van der Waals surface area contributed by atoms with E-state index in [1.807, 2.05) is 18.3 Å². The fourth-order valence-electron chi connectivity index (χ4n) is 1.33. The maximum atomic E-state index is 4.82. The van der Waals surface area contributed by atoms with Gasteiger partial charge < -0.3 is 4.84 Å². The van der Waals surface area contributed by atoms with Gasteiger partial charge in [0.2, 0.25) is 0 Å². The van der Waals surface area contributed by atoms with Crippen LogP contribution in [-0.4, -0.2) is 17.8 Å². The number of pyridine rings is 1. The molecular formula is C10H12N2O. The molecule has 0 aromatic carbocycles. The summed E-state index contributed by atoms with van der Waals surface area (Å²) in [6.45, 7) is 0. The third-order valence-electron chi connectivity index (χ3n) is 2.11. The first-order chi connectivity index (χ1) is 6.42. The van der Waals surface area contributed by atoms with Crippen molar-refractivity contribution in [2.75, 3.05) is 7.11 Å². The average molecular weight is 176 g/mol. The molecule has 1 aliphatic carbocycles. The first kappa shape index (κ1) is 8.23. The highest BCUT2D eigenvalue weighted by molar-refractivity contribution is 6.02. The predicted molar refractivity (Wildman–Crippen MR) is 50.5 cm³/mol. The quantitative estimate of drug-likeness (QED) is 0.520. The first-order valence-corrected chi connectivity index (χ1v) is 4.43. The lowest BCUT2D eigenvalue weighted by Gasteiger charge is -2.02. The minimum Gasteiger partial charge on any atom is -0.399 e. The summed E-state index contributed by atoms with van der Waals surface area (Å²) in [5.41, 5.74) is 2.11. The molecule has 1 aromatic heterocycles. The van der Waals surface area contributed by atoms with Crippen LogP contribution in [0.15, 0.2) is 29.7 Å². The molecule has 0 radical (unpaired) electrons. The predicted octanol–water partition coefficient (Wildman–Crippen LogP) is 1.84. The highest BCUT2D eigenvalue weighted by Gasteiger charge is 2.29. The van der Waals surface area contributed by atoms with Crippen LogP contribution >= 0.6 is 0 Å². The minimum atomic E-state index is 0.587. The molecule has 0 unspecified atom stereocenters. The number of oxime groups is 1. The smallest absolute Gasteiger partial charge is 0.106 e. The molecule has 2 rings (SSSR count). The Kier molecular flexibility index (Phi) is 2.25. The summed E-state index contributed by atoms with van der Waals surface area (Å²) in [6, 6.07) is 3.94. The molecule has 0 atom stereocenters. The standard InChI is InChI=1S/C10H12N2O/c1-13-12-10(8-4-5-8)9-3-2-6-11-7-9/h2-3,6-8H,4-5H2,1H3. The van der Waals surface area contributed by atoms with Gasteiger partial charge in [0.15, 0.2) is 0 Å². The molecule has 1 aromatic rings. The van der Waals surface area contributed by atoms with Gasteiger partial charge in [-0.1, -0.05) is 5.16 Å². The maximum Gasteiger partial charge on any atom is 0.106 e. The largest absolute Gasteiger partial charge is 0.399 e. The summed E-state index contributed by atoms with van der Waals surface area (Å²) in [6.07, 6.45) is 6.03. The third kappa shape index (κ3) is 1.86. The molecule has 13 heavy (non-hydrogen) atoms. The lowest BCUT2D eigenvalue weighted by molar-refractivity contribution is 0.212. The van der Waals surface area contributed by atoms with Gasteiger partial charge in [0.1, 0.15) is 7.11 Å². The summed E-state index contributed by atoms with van der Waals surface area (Å²) in [5, 5.41) is 4.03. The number of aromatic nitrogens is 1. The van der Waals surface area contributed by atoms with Crippen molar-refractivity contribution in [3.05, 3.63) is 30.1 Å². The molecule has 68 valence electrons. The molecule has 1 heterocycles. The molecule has 0 N–H and O–H groups in total. The van der Waals surface area contributed by atoms with Crippen LogP contribution in [-0.2, 0) is 4.84 Å². The van der Waals surface area contributed by atoms with Gasteiger partial charge in [-0.25, -0.2) is 0 Å². The fourth-order valence-corrected chi connectivity index (χ4v) is 1.33. The summed E-state index contributed by atoms with van der Waals surface area (Å²) in [7, 11) is 1.58. The second-order valence-corrected chi connectivity index (χ2v) is 3.18. The monoisotopic (exact) mass is 176 g/mol. The Labute approximate surface area is 77.4 Å². The van der Waals surface area contributed by atoms with Gasteiger partial charge in [-0.3, -0.25) is 4.98 Å². The molecule has 1 saturated carbocycles. The van der Waals surface area contributed by atoms with Crippen molar-refractivity contribution in [2.24, 2.45) is 11.1 Å². The molecule has 0 saturated heterocycles. The summed E-state index contributed by atoms with van der Waals surface area (Å²) >= 11 is 0. The number of hydrogen-bond acceptors (Lipinski definition) is 3. The van der Waals surface area contributed by atoms with Crippen LogP contribution in [0.2, 0.25) is 0 Å². The van der Waals surface area contributed by atoms with E-state index in [-0.39, 0.29) is 0 Å². The van der Waals surface area contributed by atoms with Crippen LogP contribution in [0.3, 0.4) is 0 Å². The maximum absolute atomic E-state index is 4.82. The van der Waals surface area contributed by atoms with E-state index in [0.29, 0.717) is 5.92 Å². The van der Waals surface area contributed by atoms with Crippen molar-refractivity contribution in [3.63, 3.8) is 0 Å². The van der Waals surface area contributed by atoms with Gasteiger partial charge in [0.05, 0.1) is 5.71 Å². The van der Waals surface area contributed by atoms with E-state index in [1.165, 1.54) is 12.8 Å². The molecule has 0 spiro atoms. The zero-order chi connectivity index (χ0) is 9.10. The van der Waals surface area contributed by atoms with Gasteiger partial charge in [-0.2, -0.15) is 0 Å². The van der Waals surface area contributed by atoms with Crippen LogP contribution in [0.25, 0.3) is 0 Å². The van der Waals surface area contributed by atoms with E-state index < -0.39 is 0 Å². The molecule has 1 aliphatic rings. The van der Waals surface area contributed by atoms with E-state index in [2.05, 4.69) is 10.1 Å². The Hall–Kier alpha value is -1.38. The van der Waals surface area contributed by atoms with Crippen LogP contribution in [0.5, 0.6) is 0 Å². The fraction of sp³-hybridized carbons (Fsp3) is 0.400. The van der Waals surface area contributed by atoms with Gasteiger partial charge in [0, 0.05) is 23.9 Å². The van der Waals surface area contributed by atoms with Crippen molar-refractivity contribution in [2.45, 2.75) is 12.8 Å². The van der Waals surface area contributed by atoms with E-state index in [1.54, 1.807) is 13.3 Å². The Balaban J connectivity index is 2.25. The Morgan fingerprint density at radius 1 is 1.62 bits per heavy atom. The number of rotatable bonds is 3.